The van der Waals surface area contributed by atoms with Crippen LogP contribution in [0.1, 0.15) is 44.9 Å². The number of hydrogen-bond acceptors (Lipinski definition) is 4. The predicted molar refractivity (Wildman–Crippen MR) is 91.1 cm³/mol. The molecule has 0 aromatic heterocycles. The molecule has 1 saturated carbocycles. The van der Waals surface area contributed by atoms with Crippen molar-refractivity contribution >= 4 is 21.7 Å². The van der Waals surface area contributed by atoms with Crippen LogP contribution in [0.15, 0.2) is 0 Å². The maximum absolute atomic E-state index is 12.4. The second-order valence-corrected chi connectivity index (χ2v) is 9.72. The van der Waals surface area contributed by atoms with Gasteiger partial charge in [0.25, 0.3) is 0 Å². The van der Waals surface area contributed by atoms with E-state index in [1.165, 1.54) is 25.7 Å². The van der Waals surface area contributed by atoms with E-state index in [0.717, 1.165) is 12.3 Å². The molecule has 3 fully saturated rings. The Balaban J connectivity index is 1.41. The van der Waals surface area contributed by atoms with E-state index in [4.69, 9.17) is 0 Å². The van der Waals surface area contributed by atoms with Crippen LogP contribution in [0.2, 0.25) is 0 Å². The van der Waals surface area contributed by atoms with Gasteiger partial charge >= 0.3 is 0 Å². The summed E-state index contributed by atoms with van der Waals surface area (Å²) >= 11 is 0. The largest absolute Gasteiger partial charge is 0.339 e. The zero-order valence-electron chi connectivity index (χ0n) is 14.3. The van der Waals surface area contributed by atoms with Crippen molar-refractivity contribution in [3.63, 3.8) is 0 Å². The molecule has 2 heterocycles. The Morgan fingerprint density at radius 1 is 0.917 bits per heavy atom. The van der Waals surface area contributed by atoms with Crippen molar-refractivity contribution < 1.29 is 18.0 Å². The average Bonchev–Trinajstić information content (AvgIpc) is 3.21. The Hall–Kier alpha value is -1.11. The number of amides is 2. The third-order valence-electron chi connectivity index (χ3n) is 5.77. The van der Waals surface area contributed by atoms with E-state index in [1.54, 1.807) is 4.90 Å². The van der Waals surface area contributed by atoms with Gasteiger partial charge in [0, 0.05) is 32.6 Å². The molecule has 6 nitrogen and oxygen atoms in total. The molecule has 24 heavy (non-hydrogen) atoms. The molecule has 0 bridgehead atoms. The molecule has 2 amide bonds. The molecule has 3 aliphatic rings. The number of sulfone groups is 1. The molecule has 1 atom stereocenters. The second kappa shape index (κ2) is 7.42. The van der Waals surface area contributed by atoms with E-state index in [2.05, 4.69) is 0 Å². The lowest BCUT2D eigenvalue weighted by Crippen LogP contribution is -2.52. The van der Waals surface area contributed by atoms with Crippen LogP contribution in [-0.4, -0.2) is 67.7 Å². The lowest BCUT2D eigenvalue weighted by atomic mass is 10.0. The van der Waals surface area contributed by atoms with Gasteiger partial charge in [-0.25, -0.2) is 8.42 Å². The van der Waals surface area contributed by atoms with Gasteiger partial charge in [-0.1, -0.05) is 25.7 Å². The van der Waals surface area contributed by atoms with Gasteiger partial charge in [-0.15, -0.1) is 0 Å². The summed E-state index contributed by atoms with van der Waals surface area (Å²) in [4.78, 5) is 28.3. The number of piperazine rings is 1. The molecule has 1 unspecified atom stereocenters. The highest BCUT2D eigenvalue weighted by atomic mass is 32.2. The quantitative estimate of drug-likeness (QED) is 0.755. The van der Waals surface area contributed by atoms with Gasteiger partial charge < -0.3 is 9.80 Å². The molecule has 3 rings (SSSR count). The Kier molecular flexibility index (Phi) is 5.47. The fourth-order valence-electron chi connectivity index (χ4n) is 4.21. The van der Waals surface area contributed by atoms with Crippen molar-refractivity contribution in [2.24, 2.45) is 11.8 Å². The third-order valence-corrected chi connectivity index (χ3v) is 7.53. The monoisotopic (exact) mass is 356 g/mol. The molecule has 2 aliphatic heterocycles. The molecular weight excluding hydrogens is 328 g/mol. The lowest BCUT2D eigenvalue weighted by molar-refractivity contribution is -0.141. The highest BCUT2D eigenvalue weighted by molar-refractivity contribution is 7.91. The van der Waals surface area contributed by atoms with Crippen molar-refractivity contribution in [2.45, 2.75) is 44.9 Å². The van der Waals surface area contributed by atoms with Gasteiger partial charge in [0.15, 0.2) is 9.84 Å². The molecule has 1 aliphatic carbocycles. The van der Waals surface area contributed by atoms with Crippen LogP contribution in [0.3, 0.4) is 0 Å². The van der Waals surface area contributed by atoms with E-state index >= 15 is 0 Å². The van der Waals surface area contributed by atoms with Gasteiger partial charge in [-0.05, 0) is 18.8 Å². The van der Waals surface area contributed by atoms with E-state index < -0.39 is 9.84 Å². The summed E-state index contributed by atoms with van der Waals surface area (Å²) in [5.74, 6) is 0.627. The minimum atomic E-state index is -3.03. The van der Waals surface area contributed by atoms with Gasteiger partial charge in [0.05, 0.1) is 17.4 Å². The summed E-state index contributed by atoms with van der Waals surface area (Å²) < 4.78 is 23.1. The molecule has 0 aromatic rings. The first-order valence-corrected chi connectivity index (χ1v) is 11.0. The van der Waals surface area contributed by atoms with Crippen LogP contribution < -0.4 is 0 Å². The van der Waals surface area contributed by atoms with Gasteiger partial charge in [-0.2, -0.15) is 0 Å². The summed E-state index contributed by atoms with van der Waals surface area (Å²) in [5.41, 5.74) is 0. The SMILES string of the molecule is O=C(CCC1CCCC1)N1CCN(C(=O)C2CCS(=O)(=O)C2)CC1. The van der Waals surface area contributed by atoms with Crippen LogP contribution >= 0.6 is 0 Å². The van der Waals surface area contributed by atoms with Crippen molar-refractivity contribution in [1.82, 2.24) is 9.80 Å². The Labute approximate surface area is 144 Å². The van der Waals surface area contributed by atoms with Crippen LogP contribution in [0.5, 0.6) is 0 Å². The number of hydrogen-bond donors (Lipinski definition) is 0. The number of rotatable bonds is 4. The standard InChI is InChI=1S/C17H28N2O4S/c20-16(6-5-14-3-1-2-4-14)18-8-10-19(11-9-18)17(21)15-7-12-24(22,23)13-15/h14-15H,1-13H2. The summed E-state index contributed by atoms with van der Waals surface area (Å²) in [7, 11) is -3.03. The smallest absolute Gasteiger partial charge is 0.226 e. The van der Waals surface area contributed by atoms with Crippen molar-refractivity contribution in [2.75, 3.05) is 37.7 Å². The van der Waals surface area contributed by atoms with E-state index in [1.807, 2.05) is 4.90 Å². The first-order chi connectivity index (χ1) is 11.4. The van der Waals surface area contributed by atoms with Gasteiger partial charge in [-0.3, -0.25) is 9.59 Å². The Morgan fingerprint density at radius 2 is 1.54 bits per heavy atom. The van der Waals surface area contributed by atoms with Crippen LogP contribution in [0.25, 0.3) is 0 Å². The zero-order chi connectivity index (χ0) is 17.2. The van der Waals surface area contributed by atoms with Crippen molar-refractivity contribution in [3.05, 3.63) is 0 Å². The predicted octanol–water partition coefficient (Wildman–Crippen LogP) is 1.06. The molecule has 7 heteroatoms. The van der Waals surface area contributed by atoms with Crippen molar-refractivity contribution in [3.8, 4) is 0 Å². The summed E-state index contributed by atoms with van der Waals surface area (Å²) in [6.07, 6.45) is 7.20. The van der Waals surface area contributed by atoms with E-state index in [-0.39, 0.29) is 29.2 Å². The molecule has 0 radical (unpaired) electrons. The second-order valence-electron chi connectivity index (χ2n) is 7.50. The number of nitrogens with zero attached hydrogens (tertiary/aromatic N) is 2. The number of carbonyl (C=O) groups excluding carboxylic acids is 2. The normalized spacial score (nSPS) is 27.6. The van der Waals surface area contributed by atoms with E-state index in [9.17, 15) is 18.0 Å². The highest BCUT2D eigenvalue weighted by Crippen LogP contribution is 2.29. The van der Waals surface area contributed by atoms with Gasteiger partial charge in [0.1, 0.15) is 0 Å². The molecule has 2 saturated heterocycles. The van der Waals surface area contributed by atoms with Gasteiger partial charge in [0.2, 0.25) is 11.8 Å². The minimum Gasteiger partial charge on any atom is -0.339 e. The molecule has 0 spiro atoms. The molecule has 136 valence electrons. The van der Waals surface area contributed by atoms with Crippen molar-refractivity contribution in [1.29, 1.82) is 0 Å². The summed E-state index contributed by atoms with van der Waals surface area (Å²) in [6.45, 7) is 2.22. The van der Waals surface area contributed by atoms with Crippen LogP contribution in [-0.2, 0) is 19.4 Å². The summed E-state index contributed by atoms with van der Waals surface area (Å²) in [6, 6.07) is 0. The third kappa shape index (κ3) is 4.29. The topological polar surface area (TPSA) is 74.8 Å². The first-order valence-electron chi connectivity index (χ1n) is 9.21. The Morgan fingerprint density at radius 3 is 2.12 bits per heavy atom. The first kappa shape index (κ1) is 17.7. The van der Waals surface area contributed by atoms with E-state index in [0.29, 0.717) is 39.0 Å². The van der Waals surface area contributed by atoms with Crippen LogP contribution in [0.4, 0.5) is 0 Å². The molecular formula is C17H28N2O4S. The lowest BCUT2D eigenvalue weighted by Gasteiger charge is -2.36. The fraction of sp³-hybridized carbons (Fsp3) is 0.882. The highest BCUT2D eigenvalue weighted by Gasteiger charge is 2.36. The molecule has 0 N–H and O–H groups in total. The zero-order valence-corrected chi connectivity index (χ0v) is 15.1. The minimum absolute atomic E-state index is 0.00757. The maximum Gasteiger partial charge on any atom is 0.226 e. The number of carbonyl (C=O) groups is 2. The Bertz CT molecular complexity index is 575. The summed E-state index contributed by atoms with van der Waals surface area (Å²) in [5, 5.41) is 0. The fourth-order valence-corrected chi connectivity index (χ4v) is 5.94. The molecule has 0 aromatic carbocycles. The van der Waals surface area contributed by atoms with Crippen LogP contribution in [0, 0.1) is 11.8 Å². The average molecular weight is 356 g/mol. The maximum atomic E-state index is 12.4.